The second-order valence-electron chi connectivity index (χ2n) is 6.23. The topological polar surface area (TPSA) is 41.0 Å². The summed E-state index contributed by atoms with van der Waals surface area (Å²) in [6.45, 7) is 7.66. The fourth-order valence-electron chi connectivity index (χ4n) is 2.94. The molecule has 0 spiro atoms. The Hall–Kier alpha value is -1.68. The lowest BCUT2D eigenvalue weighted by molar-refractivity contribution is 0.378. The van der Waals surface area contributed by atoms with Gasteiger partial charge in [0, 0.05) is 19.1 Å². The van der Waals surface area contributed by atoms with Crippen LogP contribution in [-0.4, -0.2) is 35.6 Å². The standard InChI is InChI=1S/C17H24N4/c1-13(2)18-10-14-6-5-9-21(12-14)17-11-19-15-7-3-4-8-16(15)20-17/h3-4,7-8,11,13-14,18H,5-6,9-10,12H2,1-2H3. The van der Waals surface area contributed by atoms with Crippen LogP contribution in [0.4, 0.5) is 5.82 Å². The van der Waals surface area contributed by atoms with Crippen LogP contribution >= 0.6 is 0 Å². The minimum atomic E-state index is 0.556. The third kappa shape index (κ3) is 3.50. The first-order valence-electron chi connectivity index (χ1n) is 7.92. The van der Waals surface area contributed by atoms with Gasteiger partial charge in [0.2, 0.25) is 0 Å². The number of hydrogen-bond acceptors (Lipinski definition) is 4. The largest absolute Gasteiger partial charge is 0.355 e. The van der Waals surface area contributed by atoms with Crippen LogP contribution in [0.1, 0.15) is 26.7 Å². The van der Waals surface area contributed by atoms with Crippen molar-refractivity contribution in [3.8, 4) is 0 Å². The first-order valence-corrected chi connectivity index (χ1v) is 7.92. The third-order valence-electron chi connectivity index (χ3n) is 4.09. The van der Waals surface area contributed by atoms with E-state index in [2.05, 4.69) is 29.0 Å². The summed E-state index contributed by atoms with van der Waals surface area (Å²) in [5.74, 6) is 1.72. The van der Waals surface area contributed by atoms with Gasteiger partial charge in [0.05, 0.1) is 17.2 Å². The molecule has 1 atom stereocenters. The number of rotatable bonds is 4. The fraction of sp³-hybridized carbons (Fsp3) is 0.529. The van der Waals surface area contributed by atoms with Gasteiger partial charge < -0.3 is 10.2 Å². The molecule has 0 amide bonds. The van der Waals surface area contributed by atoms with Crippen LogP contribution in [-0.2, 0) is 0 Å². The second-order valence-corrected chi connectivity index (χ2v) is 6.23. The lowest BCUT2D eigenvalue weighted by Gasteiger charge is -2.34. The Labute approximate surface area is 126 Å². The van der Waals surface area contributed by atoms with Crippen LogP contribution in [0.3, 0.4) is 0 Å². The van der Waals surface area contributed by atoms with E-state index in [1.165, 1.54) is 12.8 Å². The van der Waals surface area contributed by atoms with E-state index in [1.807, 2.05) is 30.5 Å². The Kier molecular flexibility index (Phi) is 4.34. The van der Waals surface area contributed by atoms with Crippen LogP contribution in [0.2, 0.25) is 0 Å². The van der Waals surface area contributed by atoms with Crippen molar-refractivity contribution < 1.29 is 0 Å². The second kappa shape index (κ2) is 6.39. The molecular formula is C17H24N4. The van der Waals surface area contributed by atoms with Crippen molar-refractivity contribution in [3.05, 3.63) is 30.5 Å². The van der Waals surface area contributed by atoms with E-state index in [0.29, 0.717) is 12.0 Å². The summed E-state index contributed by atoms with van der Waals surface area (Å²) in [4.78, 5) is 11.7. The van der Waals surface area contributed by atoms with Gasteiger partial charge in [-0.3, -0.25) is 4.98 Å². The number of anilines is 1. The van der Waals surface area contributed by atoms with Crippen molar-refractivity contribution in [2.45, 2.75) is 32.7 Å². The highest BCUT2D eigenvalue weighted by Gasteiger charge is 2.21. The molecule has 1 unspecified atom stereocenters. The normalized spacial score (nSPS) is 19.4. The van der Waals surface area contributed by atoms with Crippen LogP contribution < -0.4 is 10.2 Å². The van der Waals surface area contributed by atoms with E-state index in [1.54, 1.807) is 0 Å². The van der Waals surface area contributed by atoms with Gasteiger partial charge in [-0.15, -0.1) is 0 Å². The number of para-hydroxylation sites is 2. The van der Waals surface area contributed by atoms with Gasteiger partial charge in [0.15, 0.2) is 0 Å². The van der Waals surface area contributed by atoms with Crippen LogP contribution in [0.25, 0.3) is 11.0 Å². The molecule has 1 fully saturated rings. The van der Waals surface area contributed by atoms with Gasteiger partial charge in [-0.2, -0.15) is 0 Å². The van der Waals surface area contributed by atoms with Gasteiger partial charge in [-0.1, -0.05) is 26.0 Å². The summed E-state index contributed by atoms with van der Waals surface area (Å²) < 4.78 is 0. The van der Waals surface area contributed by atoms with Crippen molar-refractivity contribution >= 4 is 16.9 Å². The van der Waals surface area contributed by atoms with Crippen LogP contribution in [0.15, 0.2) is 30.5 Å². The van der Waals surface area contributed by atoms with E-state index < -0.39 is 0 Å². The molecule has 1 aromatic carbocycles. The third-order valence-corrected chi connectivity index (χ3v) is 4.09. The number of piperidine rings is 1. The van der Waals surface area contributed by atoms with Gasteiger partial charge in [-0.25, -0.2) is 4.98 Å². The molecule has 2 aromatic rings. The maximum atomic E-state index is 4.77. The lowest BCUT2D eigenvalue weighted by Crippen LogP contribution is -2.41. The van der Waals surface area contributed by atoms with Crippen molar-refractivity contribution in [1.29, 1.82) is 0 Å². The molecular weight excluding hydrogens is 260 g/mol. The van der Waals surface area contributed by atoms with Crippen molar-refractivity contribution in [1.82, 2.24) is 15.3 Å². The molecule has 0 aliphatic carbocycles. The average Bonchev–Trinajstić information content (AvgIpc) is 2.53. The molecule has 0 bridgehead atoms. The van der Waals surface area contributed by atoms with Gasteiger partial charge >= 0.3 is 0 Å². The Morgan fingerprint density at radius 2 is 2.10 bits per heavy atom. The Morgan fingerprint density at radius 1 is 1.29 bits per heavy atom. The summed E-state index contributed by atoms with van der Waals surface area (Å²) in [6.07, 6.45) is 4.46. The molecule has 4 heteroatoms. The minimum absolute atomic E-state index is 0.556. The monoisotopic (exact) mass is 284 g/mol. The zero-order chi connectivity index (χ0) is 14.7. The summed E-state index contributed by atoms with van der Waals surface area (Å²) in [5.41, 5.74) is 1.95. The number of nitrogens with zero attached hydrogens (tertiary/aromatic N) is 3. The van der Waals surface area contributed by atoms with Crippen molar-refractivity contribution in [2.75, 3.05) is 24.5 Å². The number of hydrogen-bond donors (Lipinski definition) is 1. The van der Waals surface area contributed by atoms with Gasteiger partial charge in [0.25, 0.3) is 0 Å². The maximum absolute atomic E-state index is 4.77. The number of aromatic nitrogens is 2. The molecule has 3 rings (SSSR count). The quantitative estimate of drug-likeness (QED) is 0.937. The molecule has 0 radical (unpaired) electrons. The summed E-state index contributed by atoms with van der Waals surface area (Å²) in [6, 6.07) is 8.63. The predicted octanol–water partition coefficient (Wildman–Crippen LogP) is 2.84. The summed E-state index contributed by atoms with van der Waals surface area (Å²) in [5, 5.41) is 3.55. The first-order chi connectivity index (χ1) is 10.2. The minimum Gasteiger partial charge on any atom is -0.355 e. The number of benzene rings is 1. The average molecular weight is 284 g/mol. The zero-order valence-corrected chi connectivity index (χ0v) is 12.9. The SMILES string of the molecule is CC(C)NCC1CCCN(c2cnc3ccccc3n2)C1. The lowest BCUT2D eigenvalue weighted by atomic mass is 9.98. The Balaban J connectivity index is 1.72. The molecule has 1 aliphatic rings. The summed E-state index contributed by atoms with van der Waals surface area (Å²) >= 11 is 0. The fourth-order valence-corrected chi connectivity index (χ4v) is 2.94. The first kappa shape index (κ1) is 14.3. The van der Waals surface area contributed by atoms with E-state index in [-0.39, 0.29) is 0 Å². The molecule has 1 aromatic heterocycles. The molecule has 112 valence electrons. The Bertz CT molecular complexity index is 596. The zero-order valence-electron chi connectivity index (χ0n) is 12.9. The highest BCUT2D eigenvalue weighted by Crippen LogP contribution is 2.22. The number of nitrogens with one attached hydrogen (secondary N) is 1. The molecule has 1 aliphatic heterocycles. The molecule has 4 nitrogen and oxygen atoms in total. The van der Waals surface area contributed by atoms with Crippen molar-refractivity contribution in [3.63, 3.8) is 0 Å². The maximum Gasteiger partial charge on any atom is 0.147 e. The molecule has 1 N–H and O–H groups in total. The molecule has 0 saturated carbocycles. The smallest absolute Gasteiger partial charge is 0.147 e. The van der Waals surface area contributed by atoms with Crippen molar-refractivity contribution in [2.24, 2.45) is 5.92 Å². The molecule has 21 heavy (non-hydrogen) atoms. The van der Waals surface area contributed by atoms with Gasteiger partial charge in [0.1, 0.15) is 5.82 Å². The van der Waals surface area contributed by atoms with E-state index in [0.717, 1.165) is 36.5 Å². The van der Waals surface area contributed by atoms with Gasteiger partial charge in [-0.05, 0) is 37.4 Å². The predicted molar refractivity (Wildman–Crippen MR) is 87.6 cm³/mol. The highest BCUT2D eigenvalue weighted by molar-refractivity contribution is 5.75. The van der Waals surface area contributed by atoms with Crippen LogP contribution in [0, 0.1) is 5.92 Å². The van der Waals surface area contributed by atoms with E-state index in [9.17, 15) is 0 Å². The Morgan fingerprint density at radius 3 is 2.90 bits per heavy atom. The molecule has 2 heterocycles. The molecule has 1 saturated heterocycles. The van der Waals surface area contributed by atoms with Crippen LogP contribution in [0.5, 0.6) is 0 Å². The number of fused-ring (bicyclic) bond motifs is 1. The highest BCUT2D eigenvalue weighted by atomic mass is 15.2. The van der Waals surface area contributed by atoms with E-state index >= 15 is 0 Å². The van der Waals surface area contributed by atoms with E-state index in [4.69, 9.17) is 4.98 Å². The summed E-state index contributed by atoms with van der Waals surface area (Å²) in [7, 11) is 0.